The highest BCUT2D eigenvalue weighted by molar-refractivity contribution is 5.86. The van der Waals surface area contributed by atoms with Crippen LogP contribution in [0.4, 0.5) is 22.7 Å². The Balaban J connectivity index is 1.22. The van der Waals surface area contributed by atoms with Crippen LogP contribution in [-0.2, 0) is 10.8 Å². The molecule has 0 bridgehead atoms. The monoisotopic (exact) mass is 662 g/mol. The smallest absolute Gasteiger partial charge is 0.157 e. The van der Waals surface area contributed by atoms with E-state index < -0.39 is 0 Å². The highest BCUT2D eigenvalue weighted by atomic mass is 15.6. The third kappa shape index (κ3) is 3.82. The van der Waals surface area contributed by atoms with E-state index in [1.807, 2.05) is 0 Å². The third-order valence-electron chi connectivity index (χ3n) is 12.9. The van der Waals surface area contributed by atoms with Gasteiger partial charge in [0.1, 0.15) is 11.7 Å². The summed E-state index contributed by atoms with van der Waals surface area (Å²) in [6.45, 7) is 13.9. The number of hydrogen-bond donors (Lipinski definition) is 2. The average Bonchev–Trinajstić information content (AvgIpc) is 3.71. The first kappa shape index (κ1) is 29.9. The minimum atomic E-state index is -0.120. The van der Waals surface area contributed by atoms with Gasteiger partial charge in [-0.05, 0) is 73.2 Å². The molecule has 0 radical (unpaired) electrons. The van der Waals surface area contributed by atoms with Gasteiger partial charge in [0.2, 0.25) is 0 Å². The number of nitrogens with one attached hydrogen (secondary N) is 2. The van der Waals surface area contributed by atoms with Crippen molar-refractivity contribution in [2.75, 3.05) is 9.80 Å². The summed E-state index contributed by atoms with van der Waals surface area (Å²) in [6.07, 6.45) is 1.97. The van der Waals surface area contributed by atoms with Crippen LogP contribution in [0.25, 0.3) is 0 Å². The van der Waals surface area contributed by atoms with Gasteiger partial charge in [-0.25, -0.2) is 0 Å². The number of piperazine rings is 1. The highest BCUT2D eigenvalue weighted by Gasteiger charge is 2.58. The number of nitrogens with zero attached hydrogens (tertiary/aromatic N) is 6. The molecule has 4 aromatic carbocycles. The molecule has 254 valence electrons. The Morgan fingerprint density at radius 2 is 0.780 bits per heavy atom. The minimum absolute atomic E-state index is 0.0201. The van der Waals surface area contributed by atoms with Gasteiger partial charge in [-0.2, -0.15) is 10.2 Å². The molecule has 4 aromatic rings. The zero-order valence-corrected chi connectivity index (χ0v) is 29.8. The fraction of sp³-hybridized carbons (Fsp3) is 0.381. The van der Waals surface area contributed by atoms with Crippen molar-refractivity contribution in [1.29, 1.82) is 0 Å². The molecule has 5 aliphatic heterocycles. The summed E-state index contributed by atoms with van der Waals surface area (Å²) < 4.78 is 0. The van der Waals surface area contributed by atoms with Gasteiger partial charge in [-0.15, -0.1) is 0 Å². The summed E-state index contributed by atoms with van der Waals surface area (Å²) in [6, 6.07) is 37.4. The molecule has 0 amide bonds. The summed E-state index contributed by atoms with van der Waals surface area (Å²) in [5.41, 5.74) is 17.6. The van der Waals surface area contributed by atoms with E-state index in [9.17, 15) is 0 Å². The second-order valence-corrected chi connectivity index (χ2v) is 16.1. The van der Waals surface area contributed by atoms with Gasteiger partial charge in [-0.1, -0.05) is 100 Å². The van der Waals surface area contributed by atoms with Gasteiger partial charge >= 0.3 is 0 Å². The zero-order chi connectivity index (χ0) is 34.1. The minimum Gasteiger partial charge on any atom is -0.336 e. The molecule has 2 fully saturated rings. The number of anilines is 4. The van der Waals surface area contributed by atoms with Gasteiger partial charge in [-0.3, -0.25) is 10.9 Å². The Hall–Kier alpha value is -4.98. The van der Waals surface area contributed by atoms with Crippen molar-refractivity contribution in [2.45, 2.75) is 102 Å². The van der Waals surface area contributed by atoms with Crippen LogP contribution >= 0.6 is 0 Å². The van der Waals surface area contributed by atoms with Crippen molar-refractivity contribution in [3.8, 4) is 0 Å². The van der Waals surface area contributed by atoms with Crippen LogP contribution in [0.3, 0.4) is 0 Å². The standard InChI is InChI=1S/C42H46N8/c1-25-43-45-39-40-46-44-26(2)48(40)36-24-38(50-33-21-13-9-17-29(33)42(5,6)30-18-10-14-22-34(30)50)37(23-35(36)47(25)39)49-31-19-11-7-15-27(31)41(3,4)28-16-8-12-20-32(28)49/h7-22,35-40,45-46H,23-24H2,1-6H3. The molecule has 6 unspecified atom stereocenters. The van der Waals surface area contributed by atoms with E-state index in [-0.39, 0.29) is 47.3 Å². The van der Waals surface area contributed by atoms with Crippen LogP contribution < -0.4 is 20.7 Å². The number of para-hydroxylation sites is 4. The fourth-order valence-corrected chi connectivity index (χ4v) is 10.7. The fourth-order valence-electron chi connectivity index (χ4n) is 10.7. The number of amidine groups is 2. The molecule has 5 heterocycles. The van der Waals surface area contributed by atoms with Gasteiger partial charge < -0.3 is 19.6 Å². The van der Waals surface area contributed by atoms with Crippen LogP contribution in [0.2, 0.25) is 0 Å². The first-order valence-electron chi connectivity index (χ1n) is 18.3. The number of rotatable bonds is 2. The summed E-state index contributed by atoms with van der Waals surface area (Å²) >= 11 is 0. The van der Waals surface area contributed by atoms with E-state index in [2.05, 4.69) is 169 Å². The number of benzene rings is 4. The molecule has 10 rings (SSSR count). The van der Waals surface area contributed by atoms with E-state index in [0.29, 0.717) is 0 Å². The molecule has 0 aromatic heterocycles. The predicted octanol–water partition coefficient (Wildman–Crippen LogP) is 7.35. The summed E-state index contributed by atoms with van der Waals surface area (Å²) in [7, 11) is 0. The van der Waals surface area contributed by atoms with Crippen LogP contribution in [0.15, 0.2) is 107 Å². The van der Waals surface area contributed by atoms with Crippen molar-refractivity contribution in [3.63, 3.8) is 0 Å². The molecule has 8 nitrogen and oxygen atoms in total. The summed E-state index contributed by atoms with van der Waals surface area (Å²) in [5, 5.41) is 9.64. The Morgan fingerprint density at radius 3 is 1.10 bits per heavy atom. The molecule has 1 aliphatic carbocycles. The average molecular weight is 663 g/mol. The van der Waals surface area contributed by atoms with Gasteiger partial charge in [0.15, 0.2) is 12.3 Å². The maximum atomic E-state index is 4.82. The van der Waals surface area contributed by atoms with Gasteiger partial charge in [0.05, 0.1) is 24.2 Å². The van der Waals surface area contributed by atoms with Crippen molar-refractivity contribution in [2.24, 2.45) is 10.2 Å². The van der Waals surface area contributed by atoms with Gasteiger partial charge in [0.25, 0.3) is 0 Å². The normalized spacial score (nSPS) is 29.2. The van der Waals surface area contributed by atoms with Crippen LogP contribution in [-0.4, -0.2) is 58.0 Å². The third-order valence-corrected chi connectivity index (χ3v) is 12.9. The maximum Gasteiger partial charge on any atom is 0.157 e. The van der Waals surface area contributed by atoms with E-state index in [1.54, 1.807) is 0 Å². The number of hydrogen-bond acceptors (Lipinski definition) is 8. The van der Waals surface area contributed by atoms with Crippen LogP contribution in [0.1, 0.15) is 76.6 Å². The Kier molecular flexibility index (Phi) is 6.15. The van der Waals surface area contributed by atoms with E-state index >= 15 is 0 Å². The largest absolute Gasteiger partial charge is 0.336 e. The molecule has 0 spiro atoms. The lowest BCUT2D eigenvalue weighted by atomic mass is 9.70. The van der Waals surface area contributed by atoms with E-state index in [1.165, 1.54) is 45.0 Å². The van der Waals surface area contributed by atoms with Crippen LogP contribution in [0, 0.1) is 0 Å². The van der Waals surface area contributed by atoms with Crippen LogP contribution in [0.5, 0.6) is 0 Å². The van der Waals surface area contributed by atoms with Crippen molar-refractivity contribution >= 4 is 34.4 Å². The van der Waals surface area contributed by atoms with E-state index in [4.69, 9.17) is 10.2 Å². The molecule has 1 saturated carbocycles. The Bertz CT molecular complexity index is 1850. The summed E-state index contributed by atoms with van der Waals surface area (Å²) in [5.74, 6) is 2.12. The zero-order valence-electron chi connectivity index (χ0n) is 29.8. The Morgan fingerprint density at radius 1 is 0.480 bits per heavy atom. The Labute approximate surface area is 295 Å². The van der Waals surface area contributed by atoms with Crippen molar-refractivity contribution in [3.05, 3.63) is 119 Å². The number of hydrazone groups is 2. The molecule has 8 heteroatoms. The lowest BCUT2D eigenvalue weighted by Gasteiger charge is -2.60. The van der Waals surface area contributed by atoms with Crippen molar-refractivity contribution in [1.82, 2.24) is 20.7 Å². The lowest BCUT2D eigenvalue weighted by molar-refractivity contribution is -0.0177. The second kappa shape index (κ2) is 10.3. The quantitative estimate of drug-likeness (QED) is 0.234. The molecular weight excluding hydrogens is 617 g/mol. The van der Waals surface area contributed by atoms with Gasteiger partial charge in [0, 0.05) is 33.6 Å². The topological polar surface area (TPSA) is 61.7 Å². The SMILES string of the molecule is CC1=NNC2C3NN=C(C)N3C3CC(N4c5ccccc5C(C)(C)c5ccccc54)C(N4c5ccccc5C(C)(C)c5ccccc54)CC3N12. The highest BCUT2D eigenvalue weighted by Crippen LogP contribution is 2.56. The van der Waals surface area contributed by atoms with Crippen molar-refractivity contribution < 1.29 is 0 Å². The number of fused-ring (bicyclic) bond motifs is 10. The second-order valence-electron chi connectivity index (χ2n) is 16.1. The molecule has 1 saturated heterocycles. The molecule has 6 aliphatic rings. The molecule has 2 N–H and O–H groups in total. The lowest BCUT2D eigenvalue weighted by Crippen LogP contribution is -2.75. The summed E-state index contributed by atoms with van der Waals surface area (Å²) in [4.78, 5) is 10.6. The first-order valence-corrected chi connectivity index (χ1v) is 18.3. The molecular formula is C42H46N8. The molecule has 50 heavy (non-hydrogen) atoms. The maximum absolute atomic E-state index is 4.82. The van der Waals surface area contributed by atoms with E-state index in [0.717, 1.165) is 24.5 Å². The first-order chi connectivity index (χ1) is 24.2. The predicted molar refractivity (Wildman–Crippen MR) is 202 cm³/mol. The molecule has 6 atom stereocenters.